The van der Waals surface area contributed by atoms with Gasteiger partial charge in [-0.2, -0.15) is 4.40 Å². The molecule has 0 bridgehead atoms. The van der Waals surface area contributed by atoms with Gasteiger partial charge >= 0.3 is 0 Å². The fourth-order valence-corrected chi connectivity index (χ4v) is 2.21. The van der Waals surface area contributed by atoms with E-state index in [-0.39, 0.29) is 22.7 Å². The maximum absolute atomic E-state index is 9.59. The number of nitrogens with zero attached hydrogens (tertiary/aromatic N) is 1. The number of benzene rings is 1. The molecule has 4 N–H and O–H groups in total. The molecule has 2 aromatic heterocycles. The molecule has 122 valence electrons. The summed E-state index contributed by atoms with van der Waals surface area (Å²) >= 11 is 3.25. The molecular weight excluding hydrogens is 424 g/mol. The Kier molecular flexibility index (Phi) is 8.02. The van der Waals surface area contributed by atoms with E-state index in [1.165, 1.54) is 0 Å². The maximum atomic E-state index is 9.59. The quantitative estimate of drug-likeness (QED) is 0.542. The smallest absolute Gasteiger partial charge is 0.253 e. The lowest BCUT2D eigenvalue weighted by Gasteiger charge is -1.99. The molecule has 6 heteroatoms. The van der Waals surface area contributed by atoms with Crippen LogP contribution < -0.4 is 31.9 Å². The monoisotopic (exact) mass is 441 g/mol. The summed E-state index contributed by atoms with van der Waals surface area (Å²) in [7, 11) is 0. The van der Waals surface area contributed by atoms with Gasteiger partial charge in [-0.15, -0.1) is 0 Å². The van der Waals surface area contributed by atoms with Crippen LogP contribution in [-0.4, -0.2) is 11.7 Å². The number of rotatable bonds is 2. The number of aromatic nitrogens is 1. The molecule has 0 aliphatic carbocycles. The topological polar surface area (TPSA) is 61.2 Å². The minimum Gasteiger partial charge on any atom is -1.00 e. The summed E-state index contributed by atoms with van der Waals surface area (Å²) in [4.78, 5) is 0. The SMILES string of the molecule is CCOc1ccc([NH3+])cc1.Oc1c(Br)cc[n+]2ccccc12.[Br-]. The first-order chi connectivity index (χ1) is 10.6. The summed E-state index contributed by atoms with van der Waals surface area (Å²) in [6.45, 7) is 2.69. The lowest BCUT2D eigenvalue weighted by Crippen LogP contribution is -3.00. The molecular formula is C17H19Br2N2O2+. The molecule has 2 heterocycles. The highest BCUT2D eigenvalue weighted by atomic mass is 79.9. The summed E-state index contributed by atoms with van der Waals surface area (Å²) in [5, 5.41) is 9.59. The van der Waals surface area contributed by atoms with Crippen LogP contribution in [0.25, 0.3) is 5.52 Å². The van der Waals surface area contributed by atoms with E-state index >= 15 is 0 Å². The van der Waals surface area contributed by atoms with Gasteiger partial charge < -0.3 is 32.6 Å². The van der Waals surface area contributed by atoms with Crippen LogP contribution in [0.4, 0.5) is 5.69 Å². The van der Waals surface area contributed by atoms with Crippen molar-refractivity contribution in [2.24, 2.45) is 0 Å². The molecule has 4 nitrogen and oxygen atoms in total. The largest absolute Gasteiger partial charge is 1.00 e. The standard InChI is InChI=1S/C9H6BrNO.C8H11NO.BrH/c10-7-4-6-11-5-2-1-3-8(11)9(7)12;1-2-10-8-5-3-7(9)4-6-8;/h1-6H;3-6H,2,9H2,1H3;1H/p+1. The average molecular weight is 443 g/mol. The number of hydrogen-bond acceptors (Lipinski definition) is 2. The first-order valence-electron chi connectivity index (χ1n) is 6.94. The van der Waals surface area contributed by atoms with Gasteiger partial charge in [-0.1, -0.05) is 0 Å². The van der Waals surface area contributed by atoms with Gasteiger partial charge in [-0.3, -0.25) is 0 Å². The summed E-state index contributed by atoms with van der Waals surface area (Å²) < 4.78 is 7.81. The van der Waals surface area contributed by atoms with E-state index in [1.807, 2.05) is 72.2 Å². The lowest BCUT2D eigenvalue weighted by molar-refractivity contribution is -0.512. The average Bonchev–Trinajstić information content (AvgIpc) is 2.54. The zero-order valence-corrected chi connectivity index (χ0v) is 15.9. The lowest BCUT2D eigenvalue weighted by atomic mass is 10.3. The molecule has 0 fully saturated rings. The van der Waals surface area contributed by atoms with Crippen molar-refractivity contribution < 1.29 is 37.0 Å². The minimum atomic E-state index is 0. The Balaban J connectivity index is 0.000000224. The van der Waals surface area contributed by atoms with Crippen LogP contribution in [0.3, 0.4) is 0 Å². The fourth-order valence-electron chi connectivity index (χ4n) is 1.89. The third-order valence-corrected chi connectivity index (χ3v) is 3.61. The summed E-state index contributed by atoms with van der Waals surface area (Å²) in [5.41, 5.74) is 5.58. The van der Waals surface area contributed by atoms with Gasteiger partial charge in [0.15, 0.2) is 12.4 Å². The Morgan fingerprint density at radius 3 is 2.43 bits per heavy atom. The van der Waals surface area contributed by atoms with Crippen molar-refractivity contribution >= 4 is 27.1 Å². The first kappa shape index (κ1) is 19.4. The molecule has 0 saturated carbocycles. The van der Waals surface area contributed by atoms with Crippen molar-refractivity contribution in [1.29, 1.82) is 0 Å². The molecule has 0 amide bonds. The molecule has 3 rings (SSSR count). The molecule has 0 aliphatic rings. The van der Waals surface area contributed by atoms with Crippen LogP contribution in [0.1, 0.15) is 6.92 Å². The van der Waals surface area contributed by atoms with Crippen molar-refractivity contribution in [1.82, 2.24) is 0 Å². The second kappa shape index (κ2) is 9.50. The van der Waals surface area contributed by atoms with Gasteiger partial charge in [0.1, 0.15) is 11.4 Å². The fraction of sp³-hybridized carbons (Fsp3) is 0.118. The van der Waals surface area contributed by atoms with Gasteiger partial charge in [0.2, 0.25) is 5.75 Å². The zero-order valence-electron chi connectivity index (χ0n) is 12.7. The zero-order chi connectivity index (χ0) is 15.9. The molecule has 0 saturated heterocycles. The molecule has 0 radical (unpaired) electrons. The van der Waals surface area contributed by atoms with Crippen molar-refractivity contribution in [3.8, 4) is 11.5 Å². The Bertz CT molecular complexity index is 749. The summed E-state index contributed by atoms with van der Waals surface area (Å²) in [6, 6.07) is 15.2. The number of fused-ring (bicyclic) bond motifs is 1. The number of pyridine rings is 2. The van der Waals surface area contributed by atoms with Crippen LogP contribution in [0.2, 0.25) is 0 Å². The van der Waals surface area contributed by atoms with E-state index in [0.717, 1.165) is 23.6 Å². The van der Waals surface area contributed by atoms with Crippen LogP contribution in [0, 0.1) is 0 Å². The van der Waals surface area contributed by atoms with E-state index in [4.69, 9.17) is 4.74 Å². The van der Waals surface area contributed by atoms with E-state index in [2.05, 4.69) is 21.7 Å². The highest BCUT2D eigenvalue weighted by molar-refractivity contribution is 9.10. The van der Waals surface area contributed by atoms with Crippen LogP contribution in [0.5, 0.6) is 11.5 Å². The van der Waals surface area contributed by atoms with Crippen LogP contribution >= 0.6 is 15.9 Å². The van der Waals surface area contributed by atoms with E-state index in [1.54, 1.807) is 0 Å². The molecule has 3 aromatic rings. The third kappa shape index (κ3) is 5.49. The van der Waals surface area contributed by atoms with Crippen LogP contribution in [0.15, 0.2) is 65.4 Å². The van der Waals surface area contributed by atoms with Gasteiger partial charge in [-0.05, 0) is 41.1 Å². The first-order valence-corrected chi connectivity index (χ1v) is 7.73. The minimum absolute atomic E-state index is 0. The molecule has 0 spiro atoms. The molecule has 23 heavy (non-hydrogen) atoms. The molecule has 0 unspecified atom stereocenters. The number of halogens is 2. The van der Waals surface area contributed by atoms with E-state index < -0.39 is 0 Å². The number of hydrogen-bond donors (Lipinski definition) is 2. The maximum Gasteiger partial charge on any atom is 0.253 e. The van der Waals surface area contributed by atoms with Gasteiger partial charge in [0.05, 0.1) is 11.1 Å². The predicted molar refractivity (Wildman–Crippen MR) is 89.1 cm³/mol. The number of quaternary nitrogens is 1. The highest BCUT2D eigenvalue weighted by Gasteiger charge is 2.09. The van der Waals surface area contributed by atoms with Crippen molar-refractivity contribution in [2.75, 3.05) is 6.61 Å². The second-order valence-corrected chi connectivity index (χ2v) is 5.44. The molecule has 1 aromatic carbocycles. The van der Waals surface area contributed by atoms with Gasteiger partial charge in [0.25, 0.3) is 5.52 Å². The van der Waals surface area contributed by atoms with Crippen molar-refractivity contribution in [3.05, 3.63) is 65.4 Å². The normalized spacial score (nSPS) is 9.52. The van der Waals surface area contributed by atoms with E-state index in [9.17, 15) is 5.11 Å². The third-order valence-electron chi connectivity index (χ3n) is 2.97. The number of aromatic hydroxyl groups is 1. The predicted octanol–water partition coefficient (Wildman–Crippen LogP) is -0.144. The molecule has 0 atom stereocenters. The summed E-state index contributed by atoms with van der Waals surface area (Å²) in [5.74, 6) is 1.19. The van der Waals surface area contributed by atoms with Crippen LogP contribution in [-0.2, 0) is 0 Å². The Labute approximate surface area is 154 Å². The molecule has 0 aliphatic heterocycles. The highest BCUT2D eigenvalue weighted by Crippen LogP contribution is 2.24. The second-order valence-electron chi connectivity index (χ2n) is 4.58. The number of ether oxygens (including phenoxy) is 1. The van der Waals surface area contributed by atoms with E-state index in [0.29, 0.717) is 4.47 Å². The Morgan fingerprint density at radius 2 is 1.78 bits per heavy atom. The van der Waals surface area contributed by atoms with Gasteiger partial charge in [-0.25, -0.2) is 0 Å². The Morgan fingerprint density at radius 1 is 1.09 bits per heavy atom. The van der Waals surface area contributed by atoms with Crippen molar-refractivity contribution in [3.63, 3.8) is 0 Å². The summed E-state index contributed by atoms with van der Waals surface area (Å²) in [6.07, 6.45) is 3.78. The van der Waals surface area contributed by atoms with Gasteiger partial charge in [0, 0.05) is 30.3 Å². The van der Waals surface area contributed by atoms with Crippen molar-refractivity contribution in [2.45, 2.75) is 6.92 Å². The Hall–Kier alpha value is -1.63.